The third kappa shape index (κ3) is 5.84. The second kappa shape index (κ2) is 9.75. The number of aromatic nitrogens is 2. The van der Waals surface area contributed by atoms with E-state index in [9.17, 15) is 4.79 Å². The summed E-state index contributed by atoms with van der Waals surface area (Å²) in [6.07, 6.45) is 9.28. The van der Waals surface area contributed by atoms with Gasteiger partial charge < -0.3 is 20.1 Å². The smallest absolute Gasteiger partial charge is 0.271 e. The van der Waals surface area contributed by atoms with Crippen LogP contribution in [0.2, 0.25) is 0 Å². The normalized spacial score (nSPS) is 14.4. The van der Waals surface area contributed by atoms with Crippen LogP contribution in [-0.2, 0) is 0 Å². The zero-order valence-corrected chi connectivity index (χ0v) is 15.6. The lowest BCUT2D eigenvalue weighted by molar-refractivity contribution is 0.0941. The molecule has 1 aromatic heterocycles. The first-order chi connectivity index (χ1) is 13.2. The summed E-state index contributed by atoms with van der Waals surface area (Å²) in [5.41, 5.74) is 0.300. The molecule has 144 valence electrons. The van der Waals surface area contributed by atoms with Crippen LogP contribution in [0.25, 0.3) is 0 Å². The van der Waals surface area contributed by atoms with Gasteiger partial charge in [-0.2, -0.15) is 0 Å². The zero-order chi connectivity index (χ0) is 18.9. The standard InChI is InChI=1S/C20H26N4O3/c1-26-16-7-9-17(10-8-16)27-12-11-21-20(25)18-13-23-19(14-22-18)24-15-5-3-2-4-6-15/h7-10,13-15H,2-6,11-12H2,1H3,(H,21,25)(H,23,24). The molecule has 1 heterocycles. The van der Waals surface area contributed by atoms with E-state index in [1.165, 1.54) is 25.5 Å². The van der Waals surface area contributed by atoms with Gasteiger partial charge >= 0.3 is 0 Å². The summed E-state index contributed by atoms with van der Waals surface area (Å²) in [6.45, 7) is 0.751. The molecule has 0 aliphatic heterocycles. The second-order valence-corrected chi connectivity index (χ2v) is 6.55. The fourth-order valence-corrected chi connectivity index (χ4v) is 3.07. The molecule has 0 atom stereocenters. The molecule has 1 fully saturated rings. The molecule has 0 bridgehead atoms. The van der Waals surface area contributed by atoms with Crippen molar-refractivity contribution in [2.24, 2.45) is 0 Å². The molecule has 7 heteroatoms. The first-order valence-corrected chi connectivity index (χ1v) is 9.38. The molecule has 7 nitrogen and oxygen atoms in total. The summed E-state index contributed by atoms with van der Waals surface area (Å²) in [5, 5.41) is 6.17. The lowest BCUT2D eigenvalue weighted by atomic mass is 9.96. The van der Waals surface area contributed by atoms with Crippen molar-refractivity contribution in [1.29, 1.82) is 0 Å². The number of benzene rings is 1. The van der Waals surface area contributed by atoms with Crippen LogP contribution in [0.1, 0.15) is 42.6 Å². The average molecular weight is 370 g/mol. The highest BCUT2D eigenvalue weighted by atomic mass is 16.5. The van der Waals surface area contributed by atoms with E-state index in [2.05, 4.69) is 20.6 Å². The van der Waals surface area contributed by atoms with Gasteiger partial charge in [0.2, 0.25) is 0 Å². The molecule has 0 spiro atoms. The van der Waals surface area contributed by atoms with E-state index < -0.39 is 0 Å². The Morgan fingerprint density at radius 2 is 1.81 bits per heavy atom. The number of amides is 1. The predicted octanol–water partition coefficient (Wildman–Crippen LogP) is 3.04. The fraction of sp³-hybridized carbons (Fsp3) is 0.450. The molecule has 2 aromatic rings. The van der Waals surface area contributed by atoms with Crippen molar-refractivity contribution in [3.05, 3.63) is 42.4 Å². The van der Waals surface area contributed by atoms with Gasteiger partial charge in [0.05, 0.1) is 26.0 Å². The third-order valence-electron chi connectivity index (χ3n) is 4.56. The van der Waals surface area contributed by atoms with Crippen molar-refractivity contribution in [2.45, 2.75) is 38.1 Å². The summed E-state index contributed by atoms with van der Waals surface area (Å²) in [5.74, 6) is 1.96. The Morgan fingerprint density at radius 3 is 2.48 bits per heavy atom. The lowest BCUT2D eigenvalue weighted by Gasteiger charge is -2.23. The molecule has 0 saturated heterocycles. The van der Waals surface area contributed by atoms with E-state index >= 15 is 0 Å². The Hall–Kier alpha value is -2.83. The van der Waals surface area contributed by atoms with E-state index in [1.807, 2.05) is 24.3 Å². The molecule has 1 aliphatic carbocycles. The van der Waals surface area contributed by atoms with Crippen LogP contribution in [0.15, 0.2) is 36.7 Å². The van der Waals surface area contributed by atoms with Crippen LogP contribution in [0.5, 0.6) is 11.5 Å². The first kappa shape index (κ1) is 18.9. The van der Waals surface area contributed by atoms with Crippen LogP contribution in [0.4, 0.5) is 5.82 Å². The number of nitrogens with zero attached hydrogens (tertiary/aromatic N) is 2. The number of hydrogen-bond acceptors (Lipinski definition) is 6. The minimum Gasteiger partial charge on any atom is -0.497 e. The maximum atomic E-state index is 12.1. The van der Waals surface area contributed by atoms with Gasteiger partial charge in [-0.25, -0.2) is 9.97 Å². The van der Waals surface area contributed by atoms with Crippen molar-refractivity contribution < 1.29 is 14.3 Å². The maximum Gasteiger partial charge on any atom is 0.271 e. The molecule has 1 saturated carbocycles. The van der Waals surface area contributed by atoms with Crippen molar-refractivity contribution in [3.63, 3.8) is 0 Å². The SMILES string of the molecule is COc1ccc(OCCNC(=O)c2cnc(NC3CCCCC3)cn2)cc1. The molecule has 2 N–H and O–H groups in total. The summed E-state index contributed by atoms with van der Waals surface area (Å²) in [4.78, 5) is 20.7. The molecular formula is C20H26N4O3. The highest BCUT2D eigenvalue weighted by molar-refractivity contribution is 5.91. The van der Waals surface area contributed by atoms with E-state index in [0.717, 1.165) is 30.2 Å². The van der Waals surface area contributed by atoms with Crippen LogP contribution >= 0.6 is 0 Å². The van der Waals surface area contributed by atoms with Gasteiger partial charge in [-0.15, -0.1) is 0 Å². The van der Waals surface area contributed by atoms with Gasteiger partial charge in [0.15, 0.2) is 0 Å². The molecule has 0 radical (unpaired) electrons. The van der Waals surface area contributed by atoms with Crippen LogP contribution < -0.4 is 20.1 Å². The Kier molecular flexibility index (Phi) is 6.84. The minimum atomic E-state index is -0.259. The van der Waals surface area contributed by atoms with Crippen LogP contribution in [0, 0.1) is 0 Å². The number of ether oxygens (including phenoxy) is 2. The Morgan fingerprint density at radius 1 is 1.07 bits per heavy atom. The van der Waals surface area contributed by atoms with Gasteiger partial charge in [-0.3, -0.25) is 4.79 Å². The van der Waals surface area contributed by atoms with E-state index in [-0.39, 0.29) is 5.91 Å². The lowest BCUT2D eigenvalue weighted by Crippen LogP contribution is -2.29. The average Bonchev–Trinajstić information content (AvgIpc) is 2.73. The molecule has 0 unspecified atom stereocenters. The van der Waals surface area contributed by atoms with Gasteiger partial charge in [0, 0.05) is 6.04 Å². The quantitative estimate of drug-likeness (QED) is 0.695. The molecule has 27 heavy (non-hydrogen) atoms. The number of carbonyl (C=O) groups excluding carboxylic acids is 1. The van der Waals surface area contributed by atoms with Gasteiger partial charge in [0.1, 0.15) is 29.6 Å². The summed E-state index contributed by atoms with van der Waals surface area (Å²) in [6, 6.07) is 7.76. The van der Waals surface area contributed by atoms with E-state index in [1.54, 1.807) is 13.3 Å². The van der Waals surface area contributed by atoms with Crippen molar-refractivity contribution in [1.82, 2.24) is 15.3 Å². The largest absolute Gasteiger partial charge is 0.497 e. The molecule has 1 aliphatic rings. The number of anilines is 1. The first-order valence-electron chi connectivity index (χ1n) is 9.38. The maximum absolute atomic E-state index is 12.1. The summed E-state index contributed by atoms with van der Waals surface area (Å²) < 4.78 is 10.7. The fourth-order valence-electron chi connectivity index (χ4n) is 3.07. The molecule has 1 amide bonds. The number of nitrogens with one attached hydrogen (secondary N) is 2. The van der Waals surface area contributed by atoms with Crippen molar-refractivity contribution in [2.75, 3.05) is 25.6 Å². The molecular weight excluding hydrogens is 344 g/mol. The van der Waals surface area contributed by atoms with Crippen LogP contribution in [-0.4, -0.2) is 42.2 Å². The number of methoxy groups -OCH3 is 1. The Bertz CT molecular complexity index is 713. The highest BCUT2D eigenvalue weighted by Gasteiger charge is 2.14. The topological polar surface area (TPSA) is 85.4 Å². The summed E-state index contributed by atoms with van der Waals surface area (Å²) in [7, 11) is 1.62. The van der Waals surface area contributed by atoms with Crippen molar-refractivity contribution >= 4 is 11.7 Å². The Labute approximate surface area is 159 Å². The number of carbonyl (C=O) groups is 1. The monoisotopic (exact) mass is 370 g/mol. The van der Waals surface area contributed by atoms with E-state index in [0.29, 0.717) is 24.9 Å². The summed E-state index contributed by atoms with van der Waals surface area (Å²) >= 11 is 0. The molecule has 1 aromatic carbocycles. The van der Waals surface area contributed by atoms with Crippen LogP contribution in [0.3, 0.4) is 0 Å². The van der Waals surface area contributed by atoms with E-state index in [4.69, 9.17) is 9.47 Å². The van der Waals surface area contributed by atoms with Gasteiger partial charge in [0.25, 0.3) is 5.91 Å². The van der Waals surface area contributed by atoms with Gasteiger partial charge in [-0.05, 0) is 37.1 Å². The number of rotatable bonds is 8. The highest BCUT2D eigenvalue weighted by Crippen LogP contribution is 2.20. The second-order valence-electron chi connectivity index (χ2n) is 6.55. The minimum absolute atomic E-state index is 0.259. The van der Waals surface area contributed by atoms with Gasteiger partial charge in [-0.1, -0.05) is 19.3 Å². The number of hydrogen-bond donors (Lipinski definition) is 2. The predicted molar refractivity (Wildman–Crippen MR) is 103 cm³/mol. The Balaban J connectivity index is 1.39. The molecule has 3 rings (SSSR count). The zero-order valence-electron chi connectivity index (χ0n) is 15.6. The third-order valence-corrected chi connectivity index (χ3v) is 4.56. The van der Waals surface area contributed by atoms with Crippen molar-refractivity contribution in [3.8, 4) is 11.5 Å².